The Bertz CT molecular complexity index is 911. The number of benzene rings is 2. The Morgan fingerprint density at radius 2 is 1.87 bits per heavy atom. The van der Waals surface area contributed by atoms with E-state index in [2.05, 4.69) is 52.3 Å². The number of esters is 1. The lowest BCUT2D eigenvalue weighted by Crippen LogP contribution is -2.64. The fourth-order valence-electron chi connectivity index (χ4n) is 6.79. The average molecular weight is 421 g/mol. The molecule has 0 bridgehead atoms. The SMILES string of the molecule is COC(=O)CCC[C@@H]1[C@H]2CCCN3CCC[C@H](CN1Cc1ccc4ccccc4c1)[C@@H]23. The Hall–Kier alpha value is -1.91. The third-order valence-corrected chi connectivity index (χ3v) is 8.09. The molecule has 0 saturated carbocycles. The van der Waals surface area contributed by atoms with Crippen molar-refractivity contribution in [3.63, 3.8) is 0 Å². The molecule has 0 unspecified atom stereocenters. The van der Waals surface area contributed by atoms with Gasteiger partial charge in [-0.3, -0.25) is 14.6 Å². The smallest absolute Gasteiger partial charge is 0.305 e. The van der Waals surface area contributed by atoms with Crippen LogP contribution in [-0.4, -0.2) is 54.6 Å². The quantitative estimate of drug-likeness (QED) is 0.625. The maximum atomic E-state index is 11.7. The molecule has 31 heavy (non-hydrogen) atoms. The van der Waals surface area contributed by atoms with Crippen LogP contribution in [0, 0.1) is 11.8 Å². The molecule has 4 heteroatoms. The van der Waals surface area contributed by atoms with E-state index in [-0.39, 0.29) is 5.97 Å². The molecular weight excluding hydrogens is 384 g/mol. The number of piperidine rings is 3. The summed E-state index contributed by atoms with van der Waals surface area (Å²) >= 11 is 0. The van der Waals surface area contributed by atoms with Crippen molar-refractivity contribution in [2.45, 2.75) is 63.6 Å². The molecule has 166 valence electrons. The lowest BCUT2D eigenvalue weighted by molar-refractivity contribution is -0.141. The van der Waals surface area contributed by atoms with E-state index >= 15 is 0 Å². The number of methoxy groups -OCH3 is 1. The van der Waals surface area contributed by atoms with Gasteiger partial charge in [0.15, 0.2) is 0 Å². The molecule has 3 aliphatic rings. The minimum Gasteiger partial charge on any atom is -0.469 e. The highest BCUT2D eigenvalue weighted by molar-refractivity contribution is 5.82. The molecule has 3 fully saturated rings. The van der Waals surface area contributed by atoms with Gasteiger partial charge in [-0.2, -0.15) is 0 Å². The molecule has 3 aliphatic heterocycles. The first-order chi connectivity index (χ1) is 15.2. The summed E-state index contributed by atoms with van der Waals surface area (Å²) in [4.78, 5) is 17.3. The zero-order chi connectivity index (χ0) is 21.2. The standard InChI is InChI=1S/C27H36N2O2/c1-31-26(30)12-4-11-25-24-10-6-16-28-15-5-9-23(27(24)28)19-29(25)18-20-13-14-21-7-2-3-8-22(21)17-20/h2-3,7-8,13-14,17,23-25,27H,4-6,9-12,15-16,18-19H2,1H3/t23-,24-,25-,27+/m1/s1. The van der Waals surface area contributed by atoms with E-state index in [1.165, 1.54) is 68.8 Å². The van der Waals surface area contributed by atoms with E-state index in [1.54, 1.807) is 0 Å². The molecule has 3 saturated heterocycles. The molecule has 2 aromatic rings. The number of carbonyl (C=O) groups excluding carboxylic acids is 1. The summed E-state index contributed by atoms with van der Waals surface area (Å²) in [5.74, 6) is 1.47. The monoisotopic (exact) mass is 420 g/mol. The van der Waals surface area contributed by atoms with Crippen LogP contribution in [0.5, 0.6) is 0 Å². The number of ether oxygens (including phenoxy) is 1. The number of nitrogens with zero attached hydrogens (tertiary/aromatic N) is 2. The van der Waals surface area contributed by atoms with Gasteiger partial charge in [-0.05, 0) is 85.9 Å². The van der Waals surface area contributed by atoms with Gasteiger partial charge in [0.05, 0.1) is 7.11 Å². The van der Waals surface area contributed by atoms with Gasteiger partial charge in [0, 0.05) is 31.6 Å². The topological polar surface area (TPSA) is 32.8 Å². The van der Waals surface area contributed by atoms with E-state index in [0.29, 0.717) is 12.5 Å². The second-order valence-electron chi connectivity index (χ2n) is 9.88. The van der Waals surface area contributed by atoms with Crippen molar-refractivity contribution < 1.29 is 9.53 Å². The third kappa shape index (κ3) is 4.38. The first kappa shape index (κ1) is 21.0. The van der Waals surface area contributed by atoms with Crippen LogP contribution in [0.2, 0.25) is 0 Å². The predicted molar refractivity (Wildman–Crippen MR) is 125 cm³/mol. The maximum Gasteiger partial charge on any atom is 0.305 e. The van der Waals surface area contributed by atoms with Crippen LogP contribution in [0.15, 0.2) is 42.5 Å². The molecule has 4 nitrogen and oxygen atoms in total. The van der Waals surface area contributed by atoms with Crippen LogP contribution < -0.4 is 0 Å². The van der Waals surface area contributed by atoms with Crippen molar-refractivity contribution in [2.75, 3.05) is 26.7 Å². The van der Waals surface area contributed by atoms with E-state index in [9.17, 15) is 4.79 Å². The van der Waals surface area contributed by atoms with Gasteiger partial charge in [0.2, 0.25) is 0 Å². The van der Waals surface area contributed by atoms with Crippen molar-refractivity contribution in [1.82, 2.24) is 9.80 Å². The van der Waals surface area contributed by atoms with E-state index < -0.39 is 0 Å². The van der Waals surface area contributed by atoms with Gasteiger partial charge in [-0.15, -0.1) is 0 Å². The fraction of sp³-hybridized carbons (Fsp3) is 0.593. The second-order valence-corrected chi connectivity index (χ2v) is 9.88. The Balaban J connectivity index is 1.38. The Morgan fingerprint density at radius 1 is 1.06 bits per heavy atom. The average Bonchev–Trinajstić information content (AvgIpc) is 2.81. The van der Waals surface area contributed by atoms with Crippen molar-refractivity contribution in [3.05, 3.63) is 48.0 Å². The van der Waals surface area contributed by atoms with Gasteiger partial charge in [0.1, 0.15) is 0 Å². The van der Waals surface area contributed by atoms with Crippen LogP contribution in [0.3, 0.4) is 0 Å². The Morgan fingerprint density at radius 3 is 2.71 bits per heavy atom. The molecule has 0 aliphatic carbocycles. The van der Waals surface area contributed by atoms with Crippen LogP contribution in [-0.2, 0) is 16.1 Å². The summed E-state index contributed by atoms with van der Waals surface area (Å²) in [5, 5.41) is 2.65. The van der Waals surface area contributed by atoms with Gasteiger partial charge >= 0.3 is 5.97 Å². The lowest BCUT2D eigenvalue weighted by Gasteiger charge is -2.57. The minimum absolute atomic E-state index is 0.0716. The minimum atomic E-state index is -0.0716. The van der Waals surface area contributed by atoms with Crippen molar-refractivity contribution >= 4 is 16.7 Å². The van der Waals surface area contributed by atoms with Crippen molar-refractivity contribution in [3.8, 4) is 0 Å². The first-order valence-electron chi connectivity index (χ1n) is 12.3. The highest BCUT2D eigenvalue weighted by atomic mass is 16.5. The number of fused-ring (bicyclic) bond motifs is 1. The van der Waals surface area contributed by atoms with Gasteiger partial charge in [-0.25, -0.2) is 0 Å². The molecular formula is C27H36N2O2. The van der Waals surface area contributed by atoms with Gasteiger partial charge in [-0.1, -0.05) is 36.4 Å². The first-order valence-corrected chi connectivity index (χ1v) is 12.3. The highest BCUT2D eigenvalue weighted by Crippen LogP contribution is 2.43. The van der Waals surface area contributed by atoms with Crippen molar-refractivity contribution in [2.24, 2.45) is 11.8 Å². The van der Waals surface area contributed by atoms with Crippen LogP contribution in [0.1, 0.15) is 50.5 Å². The molecule has 0 amide bonds. The largest absolute Gasteiger partial charge is 0.469 e. The normalized spacial score (nSPS) is 28.9. The van der Waals surface area contributed by atoms with Gasteiger partial charge < -0.3 is 4.74 Å². The molecule has 2 aromatic carbocycles. The molecule has 0 spiro atoms. The number of rotatable bonds is 6. The Labute approximate surface area is 186 Å². The summed E-state index contributed by atoms with van der Waals surface area (Å²) in [5.41, 5.74) is 1.42. The van der Waals surface area contributed by atoms with Crippen LogP contribution in [0.4, 0.5) is 0 Å². The second kappa shape index (κ2) is 9.30. The highest BCUT2D eigenvalue weighted by Gasteiger charge is 2.48. The molecule has 0 radical (unpaired) electrons. The summed E-state index contributed by atoms with van der Waals surface area (Å²) < 4.78 is 4.91. The molecule has 3 heterocycles. The fourth-order valence-corrected chi connectivity index (χ4v) is 6.79. The van der Waals surface area contributed by atoms with E-state index in [1.807, 2.05) is 0 Å². The van der Waals surface area contributed by atoms with E-state index in [4.69, 9.17) is 4.74 Å². The molecule has 0 N–H and O–H groups in total. The number of carbonyl (C=O) groups is 1. The number of hydrogen-bond acceptors (Lipinski definition) is 4. The summed E-state index contributed by atoms with van der Waals surface area (Å²) in [6, 6.07) is 16.9. The zero-order valence-electron chi connectivity index (χ0n) is 18.8. The third-order valence-electron chi connectivity index (χ3n) is 8.09. The molecule has 0 aromatic heterocycles. The number of likely N-dealkylation sites (tertiary alicyclic amines) is 1. The number of hydrogen-bond donors (Lipinski definition) is 0. The van der Waals surface area contributed by atoms with Crippen molar-refractivity contribution in [1.29, 1.82) is 0 Å². The Kier molecular flexibility index (Phi) is 6.29. The molecule has 5 rings (SSSR count). The van der Waals surface area contributed by atoms with Crippen LogP contribution in [0.25, 0.3) is 10.8 Å². The lowest BCUT2D eigenvalue weighted by atomic mass is 9.69. The van der Waals surface area contributed by atoms with Crippen LogP contribution >= 0.6 is 0 Å². The molecule has 4 atom stereocenters. The zero-order valence-corrected chi connectivity index (χ0v) is 18.8. The summed E-state index contributed by atoms with van der Waals surface area (Å²) in [6.07, 6.45) is 7.97. The van der Waals surface area contributed by atoms with Gasteiger partial charge in [0.25, 0.3) is 0 Å². The summed E-state index contributed by atoms with van der Waals surface area (Å²) in [6.45, 7) is 4.80. The maximum absolute atomic E-state index is 11.7. The predicted octanol–water partition coefficient (Wildman–Crippen LogP) is 4.86. The van der Waals surface area contributed by atoms with E-state index in [0.717, 1.165) is 37.3 Å². The summed E-state index contributed by atoms with van der Waals surface area (Å²) in [7, 11) is 1.50.